The SMILES string of the molecule is CCCNC(Cc1cncs1)c1ccncc1. The number of aromatic nitrogens is 2. The minimum Gasteiger partial charge on any atom is -0.310 e. The summed E-state index contributed by atoms with van der Waals surface area (Å²) in [6, 6.07) is 4.52. The molecule has 0 saturated heterocycles. The lowest BCUT2D eigenvalue weighted by molar-refractivity contribution is 0.531. The quantitative estimate of drug-likeness (QED) is 0.853. The molecule has 1 unspecified atom stereocenters. The molecule has 3 nitrogen and oxygen atoms in total. The number of rotatable bonds is 6. The standard InChI is InChI=1S/C13H17N3S/c1-2-5-16-13(8-12-9-15-10-17-12)11-3-6-14-7-4-11/h3-4,6-7,9-10,13,16H,2,5,8H2,1H3. The highest BCUT2D eigenvalue weighted by atomic mass is 32.1. The number of thiazole rings is 1. The van der Waals surface area contributed by atoms with Gasteiger partial charge in [-0.2, -0.15) is 0 Å². The first-order chi connectivity index (χ1) is 8.40. The number of nitrogens with one attached hydrogen (secondary N) is 1. The highest BCUT2D eigenvalue weighted by Gasteiger charge is 2.11. The van der Waals surface area contributed by atoms with Crippen LogP contribution in [0.5, 0.6) is 0 Å². The average Bonchev–Trinajstić information content (AvgIpc) is 2.88. The fourth-order valence-corrected chi connectivity index (χ4v) is 2.41. The molecule has 0 spiro atoms. The fourth-order valence-electron chi connectivity index (χ4n) is 1.77. The Morgan fingerprint density at radius 1 is 1.29 bits per heavy atom. The van der Waals surface area contributed by atoms with E-state index in [-0.39, 0.29) is 0 Å². The van der Waals surface area contributed by atoms with Gasteiger partial charge < -0.3 is 5.32 Å². The minimum absolute atomic E-state index is 0.360. The Balaban J connectivity index is 2.08. The zero-order chi connectivity index (χ0) is 11.9. The normalized spacial score (nSPS) is 12.5. The predicted octanol–water partition coefficient (Wildman–Crippen LogP) is 2.82. The second-order valence-electron chi connectivity index (χ2n) is 3.96. The molecule has 0 saturated carbocycles. The molecule has 0 amide bonds. The number of pyridine rings is 1. The van der Waals surface area contributed by atoms with E-state index in [2.05, 4.69) is 34.3 Å². The summed E-state index contributed by atoms with van der Waals surface area (Å²) in [5.74, 6) is 0. The van der Waals surface area contributed by atoms with Crippen LogP contribution in [0, 0.1) is 0 Å². The topological polar surface area (TPSA) is 37.8 Å². The first-order valence-corrected chi connectivity index (χ1v) is 6.78. The van der Waals surface area contributed by atoms with E-state index < -0.39 is 0 Å². The minimum atomic E-state index is 0.360. The molecule has 2 aromatic rings. The molecule has 2 aromatic heterocycles. The van der Waals surface area contributed by atoms with Crippen LogP contribution < -0.4 is 5.32 Å². The van der Waals surface area contributed by atoms with Gasteiger partial charge in [0.1, 0.15) is 0 Å². The van der Waals surface area contributed by atoms with E-state index in [4.69, 9.17) is 0 Å². The Bertz CT molecular complexity index is 413. The van der Waals surface area contributed by atoms with Crippen LogP contribution in [-0.2, 0) is 6.42 Å². The summed E-state index contributed by atoms with van der Waals surface area (Å²) in [5.41, 5.74) is 3.18. The number of hydrogen-bond acceptors (Lipinski definition) is 4. The van der Waals surface area contributed by atoms with Crippen molar-refractivity contribution in [3.8, 4) is 0 Å². The molecule has 90 valence electrons. The van der Waals surface area contributed by atoms with Gasteiger partial charge in [-0.3, -0.25) is 9.97 Å². The Hall–Kier alpha value is -1.26. The predicted molar refractivity (Wildman–Crippen MR) is 71.1 cm³/mol. The highest BCUT2D eigenvalue weighted by Crippen LogP contribution is 2.19. The molecule has 0 aliphatic rings. The molecule has 0 aliphatic carbocycles. The van der Waals surface area contributed by atoms with Crippen LogP contribution >= 0.6 is 11.3 Å². The third-order valence-electron chi connectivity index (χ3n) is 2.64. The molecule has 17 heavy (non-hydrogen) atoms. The molecule has 0 aromatic carbocycles. The Labute approximate surface area is 106 Å². The van der Waals surface area contributed by atoms with Crippen molar-refractivity contribution < 1.29 is 0 Å². The van der Waals surface area contributed by atoms with Crippen LogP contribution in [0.2, 0.25) is 0 Å². The monoisotopic (exact) mass is 247 g/mol. The van der Waals surface area contributed by atoms with Gasteiger partial charge in [0.25, 0.3) is 0 Å². The van der Waals surface area contributed by atoms with Gasteiger partial charge in [0.2, 0.25) is 0 Å². The molecular weight excluding hydrogens is 230 g/mol. The first kappa shape index (κ1) is 12.2. The zero-order valence-electron chi connectivity index (χ0n) is 9.97. The highest BCUT2D eigenvalue weighted by molar-refractivity contribution is 7.09. The van der Waals surface area contributed by atoms with Gasteiger partial charge in [0, 0.05) is 35.9 Å². The van der Waals surface area contributed by atoms with Gasteiger partial charge in [-0.25, -0.2) is 0 Å². The van der Waals surface area contributed by atoms with Crippen molar-refractivity contribution in [1.82, 2.24) is 15.3 Å². The first-order valence-electron chi connectivity index (χ1n) is 5.91. The van der Waals surface area contributed by atoms with Crippen molar-refractivity contribution in [3.05, 3.63) is 46.7 Å². The second-order valence-corrected chi connectivity index (χ2v) is 4.93. The summed E-state index contributed by atoms with van der Waals surface area (Å²) in [6.07, 6.45) is 7.79. The van der Waals surface area contributed by atoms with E-state index in [1.54, 1.807) is 11.3 Å². The Morgan fingerprint density at radius 2 is 2.12 bits per heavy atom. The fraction of sp³-hybridized carbons (Fsp3) is 0.385. The molecule has 2 rings (SSSR count). The third kappa shape index (κ3) is 3.61. The molecule has 2 heterocycles. The van der Waals surface area contributed by atoms with Crippen LogP contribution in [-0.4, -0.2) is 16.5 Å². The van der Waals surface area contributed by atoms with E-state index >= 15 is 0 Å². The van der Waals surface area contributed by atoms with Crippen LogP contribution in [0.4, 0.5) is 0 Å². The molecule has 1 atom stereocenters. The summed E-state index contributed by atoms with van der Waals surface area (Å²) in [5, 5.41) is 3.58. The Kier molecular flexibility index (Phi) is 4.64. The maximum absolute atomic E-state index is 4.13. The van der Waals surface area contributed by atoms with Gasteiger partial charge in [-0.05, 0) is 30.7 Å². The molecule has 4 heteroatoms. The summed E-state index contributed by atoms with van der Waals surface area (Å²) in [6.45, 7) is 3.22. The van der Waals surface area contributed by atoms with Gasteiger partial charge in [-0.15, -0.1) is 11.3 Å². The van der Waals surface area contributed by atoms with Crippen molar-refractivity contribution in [1.29, 1.82) is 0 Å². The van der Waals surface area contributed by atoms with E-state index in [0.717, 1.165) is 19.4 Å². The summed E-state index contributed by atoms with van der Waals surface area (Å²) < 4.78 is 0. The van der Waals surface area contributed by atoms with Gasteiger partial charge in [-0.1, -0.05) is 6.92 Å². The van der Waals surface area contributed by atoms with Gasteiger partial charge in [0.15, 0.2) is 0 Å². The molecular formula is C13H17N3S. The zero-order valence-corrected chi connectivity index (χ0v) is 10.8. The van der Waals surface area contributed by atoms with Crippen LogP contribution in [0.1, 0.15) is 29.8 Å². The summed E-state index contributed by atoms with van der Waals surface area (Å²) in [7, 11) is 0. The average molecular weight is 247 g/mol. The third-order valence-corrected chi connectivity index (χ3v) is 3.44. The van der Waals surface area contributed by atoms with Crippen molar-refractivity contribution in [3.63, 3.8) is 0 Å². The van der Waals surface area contributed by atoms with Crippen molar-refractivity contribution in [2.45, 2.75) is 25.8 Å². The second kappa shape index (κ2) is 6.47. The van der Waals surface area contributed by atoms with E-state index in [1.807, 2.05) is 24.1 Å². The lowest BCUT2D eigenvalue weighted by atomic mass is 10.0. The van der Waals surface area contributed by atoms with Crippen molar-refractivity contribution in [2.75, 3.05) is 6.54 Å². The van der Waals surface area contributed by atoms with E-state index in [1.165, 1.54) is 10.4 Å². The van der Waals surface area contributed by atoms with Crippen LogP contribution in [0.25, 0.3) is 0 Å². The lowest BCUT2D eigenvalue weighted by Gasteiger charge is -2.17. The van der Waals surface area contributed by atoms with Gasteiger partial charge in [0.05, 0.1) is 5.51 Å². The molecule has 0 radical (unpaired) electrons. The van der Waals surface area contributed by atoms with Crippen LogP contribution in [0.15, 0.2) is 36.2 Å². The van der Waals surface area contributed by atoms with Crippen molar-refractivity contribution >= 4 is 11.3 Å². The van der Waals surface area contributed by atoms with Gasteiger partial charge >= 0.3 is 0 Å². The van der Waals surface area contributed by atoms with E-state index in [9.17, 15) is 0 Å². The van der Waals surface area contributed by atoms with Crippen molar-refractivity contribution in [2.24, 2.45) is 0 Å². The molecule has 0 bridgehead atoms. The number of hydrogen-bond donors (Lipinski definition) is 1. The summed E-state index contributed by atoms with van der Waals surface area (Å²) >= 11 is 1.71. The smallest absolute Gasteiger partial charge is 0.0794 e. The number of nitrogens with zero attached hydrogens (tertiary/aromatic N) is 2. The largest absolute Gasteiger partial charge is 0.310 e. The molecule has 0 aliphatic heterocycles. The lowest BCUT2D eigenvalue weighted by Crippen LogP contribution is -2.23. The molecule has 1 N–H and O–H groups in total. The molecule has 0 fully saturated rings. The van der Waals surface area contributed by atoms with E-state index in [0.29, 0.717) is 6.04 Å². The maximum atomic E-state index is 4.13. The summed E-state index contributed by atoms with van der Waals surface area (Å²) in [4.78, 5) is 9.51. The van der Waals surface area contributed by atoms with Crippen LogP contribution in [0.3, 0.4) is 0 Å². The Morgan fingerprint density at radius 3 is 2.76 bits per heavy atom. The maximum Gasteiger partial charge on any atom is 0.0794 e.